The van der Waals surface area contributed by atoms with E-state index in [1.807, 2.05) is 49.4 Å². The topological polar surface area (TPSA) is 16.3 Å². The van der Waals surface area contributed by atoms with Crippen molar-refractivity contribution in [1.82, 2.24) is 14.0 Å². The van der Waals surface area contributed by atoms with Crippen molar-refractivity contribution in [3.63, 3.8) is 0 Å². The maximum Gasteiger partial charge on any atom is 0.0696 e. The van der Waals surface area contributed by atoms with Gasteiger partial charge in [-0.05, 0) is 119 Å². The molecule has 1 aliphatic rings. The Balaban J connectivity index is 0.000000130. The van der Waals surface area contributed by atoms with Gasteiger partial charge in [-0.3, -0.25) is 0 Å². The summed E-state index contributed by atoms with van der Waals surface area (Å²) in [6.45, 7) is 16.3. The maximum atomic E-state index is 4.04. The van der Waals surface area contributed by atoms with Crippen LogP contribution in [-0.2, 0) is 0 Å². The molecule has 3 heterocycles. The van der Waals surface area contributed by atoms with Crippen molar-refractivity contribution in [1.29, 1.82) is 0 Å². The second-order valence-corrected chi connectivity index (χ2v) is 15.6. The predicted octanol–water partition coefficient (Wildman–Crippen LogP) is 15.6. The standard InChI is InChI=1S/C21H24N2.2C19H15N/c1-6-13-20-19(9-4)23(17-15-11-10-12-16-17)21(14-7-2)18(8-3)22(20)5;2*1-14-11-12-19-17(13-14)16-9-5-6-10-18(16)20(19)15-7-3-2-4-8-15/h6-16H,2,4H2,1,3,5H3;2*2-13H,1H3/b13-6-,18-8+,21-14+;;. The number of nitrogens with zero attached hydrogens (tertiary/aromatic N) is 4. The number of fused-ring (bicyclic) bond motifs is 6. The Bertz CT molecular complexity index is 3040. The first-order chi connectivity index (χ1) is 30.9. The average molecular weight is 819 g/mol. The molecule has 10 rings (SSSR count). The maximum absolute atomic E-state index is 4.04. The van der Waals surface area contributed by atoms with Gasteiger partial charge < -0.3 is 18.9 Å². The van der Waals surface area contributed by atoms with E-state index in [1.54, 1.807) is 0 Å². The van der Waals surface area contributed by atoms with E-state index >= 15 is 0 Å². The zero-order chi connectivity index (χ0) is 43.9. The molecule has 0 bridgehead atoms. The molecule has 0 amide bonds. The summed E-state index contributed by atoms with van der Waals surface area (Å²) in [5.41, 5.74) is 15.6. The van der Waals surface area contributed by atoms with Gasteiger partial charge in [-0.15, -0.1) is 0 Å². The predicted molar refractivity (Wildman–Crippen MR) is 272 cm³/mol. The van der Waals surface area contributed by atoms with Gasteiger partial charge in [0.15, 0.2) is 0 Å². The summed E-state index contributed by atoms with van der Waals surface area (Å²) in [6.07, 6.45) is 12.0. The Morgan fingerprint density at radius 1 is 0.444 bits per heavy atom. The van der Waals surface area contributed by atoms with Crippen molar-refractivity contribution in [3.8, 4) is 11.4 Å². The average Bonchev–Trinajstić information content (AvgIpc) is 3.83. The first-order valence-corrected chi connectivity index (χ1v) is 21.6. The molecular weight excluding hydrogens is 765 g/mol. The number of para-hydroxylation sites is 5. The molecule has 0 atom stereocenters. The van der Waals surface area contributed by atoms with E-state index in [-0.39, 0.29) is 0 Å². The van der Waals surface area contributed by atoms with Crippen molar-refractivity contribution >= 4 is 49.3 Å². The molecule has 7 aromatic carbocycles. The molecule has 63 heavy (non-hydrogen) atoms. The van der Waals surface area contributed by atoms with Crippen molar-refractivity contribution in [2.45, 2.75) is 27.7 Å². The van der Waals surface area contributed by atoms with Gasteiger partial charge in [0.25, 0.3) is 0 Å². The van der Waals surface area contributed by atoms with E-state index < -0.39 is 0 Å². The van der Waals surface area contributed by atoms with Crippen LogP contribution >= 0.6 is 0 Å². The van der Waals surface area contributed by atoms with Crippen LogP contribution in [0.4, 0.5) is 5.69 Å². The third kappa shape index (κ3) is 8.19. The Hall–Kier alpha value is -7.82. The third-order valence-corrected chi connectivity index (χ3v) is 11.5. The molecule has 1 aliphatic heterocycles. The summed E-state index contributed by atoms with van der Waals surface area (Å²) in [5, 5.41) is 5.28. The molecule has 0 N–H and O–H groups in total. The first kappa shape index (κ1) is 41.9. The van der Waals surface area contributed by atoms with Gasteiger partial charge in [-0.2, -0.15) is 0 Å². The molecule has 9 aromatic rings. The van der Waals surface area contributed by atoms with Crippen molar-refractivity contribution in [2.24, 2.45) is 0 Å². The van der Waals surface area contributed by atoms with Crippen LogP contribution in [0.1, 0.15) is 25.0 Å². The largest absolute Gasteiger partial charge is 0.341 e. The Morgan fingerprint density at radius 2 is 0.873 bits per heavy atom. The highest BCUT2D eigenvalue weighted by Gasteiger charge is 2.29. The monoisotopic (exact) mass is 818 g/mol. The van der Waals surface area contributed by atoms with Crippen LogP contribution in [0.25, 0.3) is 55.0 Å². The van der Waals surface area contributed by atoms with Gasteiger partial charge in [0.1, 0.15) is 0 Å². The number of aromatic nitrogens is 2. The van der Waals surface area contributed by atoms with E-state index in [2.05, 4.69) is 230 Å². The fourth-order valence-electron chi connectivity index (χ4n) is 8.74. The molecular formula is C59H54N4. The Kier molecular flexibility index (Phi) is 12.5. The van der Waals surface area contributed by atoms with Crippen LogP contribution in [0.5, 0.6) is 0 Å². The molecule has 2 aromatic heterocycles. The van der Waals surface area contributed by atoms with E-state index in [1.165, 1.54) is 66.1 Å². The summed E-state index contributed by atoms with van der Waals surface area (Å²) < 4.78 is 4.67. The molecule has 0 saturated carbocycles. The minimum absolute atomic E-state index is 1.05. The summed E-state index contributed by atoms with van der Waals surface area (Å²) in [7, 11) is 2.08. The second-order valence-electron chi connectivity index (χ2n) is 15.6. The summed E-state index contributed by atoms with van der Waals surface area (Å²) in [6, 6.07) is 62.0. The minimum atomic E-state index is 1.05. The second kappa shape index (κ2) is 18.8. The summed E-state index contributed by atoms with van der Waals surface area (Å²) in [4.78, 5) is 4.41. The van der Waals surface area contributed by atoms with Crippen LogP contribution in [0, 0.1) is 13.8 Å². The molecule has 4 heteroatoms. The van der Waals surface area contributed by atoms with Gasteiger partial charge in [-0.25, -0.2) is 0 Å². The Labute approximate surface area is 372 Å². The zero-order valence-corrected chi connectivity index (χ0v) is 36.9. The molecule has 0 saturated heterocycles. The number of hydrogen-bond acceptors (Lipinski definition) is 2. The van der Waals surface area contributed by atoms with E-state index in [4.69, 9.17) is 0 Å². The lowest BCUT2D eigenvalue weighted by molar-refractivity contribution is 0.518. The SMILES string of the molecule is C=C/C=C1\C(=C/C)N(C)C(/C=C\C)=C(C=C)N1c1ccccc1.Cc1ccc2c(c1)c1ccccc1n2-c1ccccc1.Cc1ccc2c(c1)c1ccccc1n2-c1ccccc1. The summed E-state index contributed by atoms with van der Waals surface area (Å²) in [5.74, 6) is 0. The normalized spacial score (nSPS) is 14.1. The van der Waals surface area contributed by atoms with Crippen LogP contribution in [0.2, 0.25) is 0 Å². The number of hydrogen-bond donors (Lipinski definition) is 0. The highest BCUT2D eigenvalue weighted by Crippen LogP contribution is 2.39. The van der Waals surface area contributed by atoms with Crippen molar-refractivity contribution in [3.05, 3.63) is 259 Å². The lowest BCUT2D eigenvalue weighted by atomic mass is 10.1. The number of aryl methyl sites for hydroxylation is 2. The quantitative estimate of drug-likeness (QED) is 0.166. The molecule has 0 spiro atoms. The fourth-order valence-corrected chi connectivity index (χ4v) is 8.74. The number of likely N-dealkylation sites (N-methyl/N-ethyl adjacent to an activating group) is 1. The molecule has 0 fully saturated rings. The van der Waals surface area contributed by atoms with Crippen LogP contribution in [-0.4, -0.2) is 21.1 Å². The molecule has 4 nitrogen and oxygen atoms in total. The third-order valence-electron chi connectivity index (χ3n) is 11.5. The fraction of sp³-hybridized carbons (Fsp3) is 0.0847. The minimum Gasteiger partial charge on any atom is -0.341 e. The van der Waals surface area contributed by atoms with E-state index in [0.29, 0.717) is 0 Å². The smallest absolute Gasteiger partial charge is 0.0696 e. The lowest BCUT2D eigenvalue weighted by Crippen LogP contribution is -2.36. The van der Waals surface area contributed by atoms with Crippen LogP contribution < -0.4 is 4.90 Å². The highest BCUT2D eigenvalue weighted by molar-refractivity contribution is 6.10. The van der Waals surface area contributed by atoms with Gasteiger partial charge in [-0.1, -0.05) is 146 Å². The van der Waals surface area contributed by atoms with Crippen molar-refractivity contribution < 1.29 is 0 Å². The number of allylic oxidation sites excluding steroid dienone is 6. The van der Waals surface area contributed by atoms with E-state index in [9.17, 15) is 0 Å². The van der Waals surface area contributed by atoms with Gasteiger partial charge in [0.05, 0.1) is 44.9 Å². The van der Waals surface area contributed by atoms with Crippen molar-refractivity contribution in [2.75, 3.05) is 11.9 Å². The van der Waals surface area contributed by atoms with E-state index in [0.717, 1.165) is 28.5 Å². The first-order valence-electron chi connectivity index (χ1n) is 21.6. The van der Waals surface area contributed by atoms with Crippen LogP contribution in [0.3, 0.4) is 0 Å². The zero-order valence-electron chi connectivity index (χ0n) is 36.9. The highest BCUT2D eigenvalue weighted by atomic mass is 15.3. The van der Waals surface area contributed by atoms with Gasteiger partial charge in [0, 0.05) is 45.7 Å². The summed E-state index contributed by atoms with van der Waals surface area (Å²) >= 11 is 0. The van der Waals surface area contributed by atoms with Crippen LogP contribution in [0.15, 0.2) is 248 Å². The molecule has 0 unspecified atom stereocenters. The molecule has 0 radical (unpaired) electrons. The number of rotatable bonds is 6. The lowest BCUT2D eigenvalue weighted by Gasteiger charge is -2.41. The van der Waals surface area contributed by atoms with Gasteiger partial charge >= 0.3 is 0 Å². The number of anilines is 1. The number of benzene rings is 7. The molecule has 0 aliphatic carbocycles. The Morgan fingerprint density at radius 3 is 1.30 bits per heavy atom. The van der Waals surface area contributed by atoms with Gasteiger partial charge in [0.2, 0.25) is 0 Å². The molecule has 310 valence electrons.